The Bertz CT molecular complexity index is 537. The van der Waals surface area contributed by atoms with Gasteiger partial charge in [0.25, 0.3) is 0 Å². The first-order valence-electron chi connectivity index (χ1n) is 8.50. The number of hydrogen-bond acceptors (Lipinski definition) is 4. The lowest BCUT2D eigenvalue weighted by Gasteiger charge is -2.24. The number of aliphatic imine (C=N–C) groups is 1. The summed E-state index contributed by atoms with van der Waals surface area (Å²) in [6.45, 7) is 4.77. The maximum Gasteiger partial charge on any atom is 0.191 e. The summed E-state index contributed by atoms with van der Waals surface area (Å²) in [6.07, 6.45) is 3.50. The molecule has 0 aromatic heterocycles. The van der Waals surface area contributed by atoms with E-state index in [1.807, 2.05) is 31.3 Å². The SMILES string of the molecule is CN=C(NCCCOc1cccc(OC)c1)NCC1(C)CCCS1.I. The molecule has 5 nitrogen and oxygen atoms in total. The highest BCUT2D eigenvalue weighted by Crippen LogP contribution is 2.36. The Labute approximate surface area is 172 Å². The Morgan fingerprint density at radius 3 is 2.80 bits per heavy atom. The molecule has 1 heterocycles. The number of nitrogens with one attached hydrogen (secondary N) is 2. The van der Waals surface area contributed by atoms with Crippen LogP contribution in [0, 0.1) is 0 Å². The molecule has 1 aromatic carbocycles. The summed E-state index contributed by atoms with van der Waals surface area (Å²) < 4.78 is 11.3. The Hall–Kier alpha value is -0.830. The summed E-state index contributed by atoms with van der Waals surface area (Å²) in [6, 6.07) is 7.68. The van der Waals surface area contributed by atoms with E-state index in [1.54, 1.807) is 7.11 Å². The molecule has 1 fully saturated rings. The van der Waals surface area contributed by atoms with Gasteiger partial charge in [0.1, 0.15) is 11.5 Å². The zero-order valence-corrected chi connectivity index (χ0v) is 18.5. The summed E-state index contributed by atoms with van der Waals surface area (Å²) in [5.74, 6) is 3.79. The second kappa shape index (κ2) is 11.7. The van der Waals surface area contributed by atoms with E-state index in [4.69, 9.17) is 9.47 Å². The van der Waals surface area contributed by atoms with Gasteiger partial charge in [0.15, 0.2) is 5.96 Å². The van der Waals surface area contributed by atoms with Crippen LogP contribution in [0.5, 0.6) is 11.5 Å². The van der Waals surface area contributed by atoms with Crippen molar-refractivity contribution in [1.29, 1.82) is 0 Å². The third-order valence-electron chi connectivity index (χ3n) is 4.08. The summed E-state index contributed by atoms with van der Waals surface area (Å²) >= 11 is 2.05. The molecule has 1 saturated heterocycles. The number of thioether (sulfide) groups is 1. The Balaban J connectivity index is 0.00000312. The highest BCUT2D eigenvalue weighted by Gasteiger charge is 2.29. The summed E-state index contributed by atoms with van der Waals surface area (Å²) in [5, 5.41) is 6.78. The van der Waals surface area contributed by atoms with E-state index in [9.17, 15) is 0 Å². The Morgan fingerprint density at radius 2 is 2.12 bits per heavy atom. The fraction of sp³-hybridized carbons (Fsp3) is 0.611. The predicted molar refractivity (Wildman–Crippen MR) is 118 cm³/mol. The number of ether oxygens (including phenoxy) is 2. The van der Waals surface area contributed by atoms with Crippen LogP contribution in [0.1, 0.15) is 26.2 Å². The Morgan fingerprint density at radius 1 is 1.32 bits per heavy atom. The van der Waals surface area contributed by atoms with Gasteiger partial charge in [-0.1, -0.05) is 6.07 Å². The number of benzene rings is 1. The molecule has 1 aromatic rings. The van der Waals surface area contributed by atoms with Crippen LogP contribution >= 0.6 is 35.7 Å². The molecule has 1 atom stereocenters. The van der Waals surface area contributed by atoms with Crippen molar-refractivity contribution < 1.29 is 9.47 Å². The minimum Gasteiger partial charge on any atom is -0.497 e. The van der Waals surface area contributed by atoms with E-state index in [-0.39, 0.29) is 24.0 Å². The Kier molecular flexibility index (Phi) is 10.4. The van der Waals surface area contributed by atoms with E-state index in [0.717, 1.165) is 37.0 Å². The van der Waals surface area contributed by atoms with Crippen LogP contribution in [-0.2, 0) is 0 Å². The van der Waals surface area contributed by atoms with Crippen molar-refractivity contribution in [3.8, 4) is 11.5 Å². The third kappa shape index (κ3) is 7.94. The molecule has 0 spiro atoms. The standard InChI is InChI=1S/C18H29N3O2S.HI/c1-18(9-5-12-24-18)14-21-17(19-2)20-10-6-11-23-16-8-4-7-15(13-16)22-3;/h4,7-8,13H,5-6,9-12,14H2,1-3H3,(H2,19,20,21);1H. The van der Waals surface area contributed by atoms with Gasteiger partial charge in [-0.05, 0) is 44.1 Å². The van der Waals surface area contributed by atoms with Crippen molar-refractivity contribution in [2.24, 2.45) is 4.99 Å². The average Bonchev–Trinajstić information content (AvgIpc) is 3.04. The van der Waals surface area contributed by atoms with Crippen molar-refractivity contribution in [2.45, 2.75) is 30.9 Å². The molecule has 0 radical (unpaired) electrons. The molecule has 0 bridgehead atoms. The number of hydrogen-bond donors (Lipinski definition) is 2. The van der Waals surface area contributed by atoms with E-state index in [2.05, 4.69) is 34.3 Å². The molecular formula is C18H30IN3O2S. The third-order valence-corrected chi connectivity index (χ3v) is 5.62. The number of methoxy groups -OCH3 is 1. The van der Waals surface area contributed by atoms with Crippen LogP contribution in [0.3, 0.4) is 0 Å². The van der Waals surface area contributed by atoms with Gasteiger partial charge in [0, 0.05) is 31.0 Å². The number of halogens is 1. The van der Waals surface area contributed by atoms with Crippen molar-refractivity contribution in [1.82, 2.24) is 10.6 Å². The molecular weight excluding hydrogens is 449 g/mol. The van der Waals surface area contributed by atoms with E-state index < -0.39 is 0 Å². The van der Waals surface area contributed by atoms with E-state index >= 15 is 0 Å². The fourth-order valence-electron chi connectivity index (χ4n) is 2.63. The van der Waals surface area contributed by atoms with Crippen LogP contribution in [0.2, 0.25) is 0 Å². The van der Waals surface area contributed by atoms with Gasteiger partial charge >= 0.3 is 0 Å². The average molecular weight is 479 g/mol. The topological polar surface area (TPSA) is 54.9 Å². The molecule has 142 valence electrons. The zero-order valence-electron chi connectivity index (χ0n) is 15.3. The second-order valence-corrected chi connectivity index (χ2v) is 7.82. The van der Waals surface area contributed by atoms with Gasteiger partial charge in [-0.3, -0.25) is 4.99 Å². The first kappa shape index (κ1) is 22.2. The number of guanidine groups is 1. The van der Waals surface area contributed by atoms with Crippen LogP contribution in [0.4, 0.5) is 0 Å². The lowest BCUT2D eigenvalue weighted by atomic mass is 10.1. The van der Waals surface area contributed by atoms with Gasteiger partial charge < -0.3 is 20.1 Å². The largest absolute Gasteiger partial charge is 0.497 e. The number of rotatable bonds is 8. The smallest absolute Gasteiger partial charge is 0.191 e. The lowest BCUT2D eigenvalue weighted by Crippen LogP contribution is -2.44. The molecule has 2 N–H and O–H groups in total. The molecule has 1 aliphatic heterocycles. The van der Waals surface area contributed by atoms with E-state index in [0.29, 0.717) is 11.4 Å². The van der Waals surface area contributed by atoms with Crippen LogP contribution in [0.25, 0.3) is 0 Å². The van der Waals surface area contributed by atoms with Gasteiger partial charge in [-0.15, -0.1) is 24.0 Å². The molecule has 1 unspecified atom stereocenters. The van der Waals surface area contributed by atoms with Crippen LogP contribution in [-0.4, -0.2) is 50.3 Å². The van der Waals surface area contributed by atoms with Crippen molar-refractivity contribution in [2.75, 3.05) is 39.6 Å². The molecule has 2 rings (SSSR count). The molecule has 0 amide bonds. The van der Waals surface area contributed by atoms with Gasteiger partial charge in [-0.25, -0.2) is 0 Å². The number of nitrogens with zero attached hydrogens (tertiary/aromatic N) is 1. The summed E-state index contributed by atoms with van der Waals surface area (Å²) in [7, 11) is 3.47. The fourth-order valence-corrected chi connectivity index (χ4v) is 3.87. The van der Waals surface area contributed by atoms with Crippen LogP contribution in [0.15, 0.2) is 29.3 Å². The minimum absolute atomic E-state index is 0. The predicted octanol–water partition coefficient (Wildman–Crippen LogP) is 3.53. The van der Waals surface area contributed by atoms with Crippen molar-refractivity contribution >= 4 is 41.7 Å². The first-order chi connectivity index (χ1) is 11.6. The highest BCUT2D eigenvalue weighted by molar-refractivity contribution is 14.0. The van der Waals surface area contributed by atoms with Crippen molar-refractivity contribution in [3.63, 3.8) is 0 Å². The molecule has 1 aliphatic rings. The quantitative estimate of drug-likeness (QED) is 0.259. The van der Waals surface area contributed by atoms with Gasteiger partial charge in [0.2, 0.25) is 0 Å². The molecule has 0 aliphatic carbocycles. The summed E-state index contributed by atoms with van der Waals surface area (Å²) in [4.78, 5) is 4.29. The molecule has 7 heteroatoms. The maximum absolute atomic E-state index is 5.74. The van der Waals surface area contributed by atoms with Gasteiger partial charge in [0.05, 0.1) is 13.7 Å². The molecule has 0 saturated carbocycles. The monoisotopic (exact) mass is 479 g/mol. The minimum atomic E-state index is 0. The summed E-state index contributed by atoms with van der Waals surface area (Å²) in [5.41, 5.74) is 0. The van der Waals surface area contributed by atoms with Crippen molar-refractivity contribution in [3.05, 3.63) is 24.3 Å². The zero-order chi connectivity index (χ0) is 17.3. The maximum atomic E-state index is 5.74. The van der Waals surface area contributed by atoms with Crippen LogP contribution < -0.4 is 20.1 Å². The first-order valence-corrected chi connectivity index (χ1v) is 9.49. The van der Waals surface area contributed by atoms with E-state index in [1.165, 1.54) is 18.6 Å². The highest BCUT2D eigenvalue weighted by atomic mass is 127. The second-order valence-electron chi connectivity index (χ2n) is 6.14. The lowest BCUT2D eigenvalue weighted by molar-refractivity contribution is 0.308. The normalized spacial score (nSPS) is 19.9. The van der Waals surface area contributed by atoms with Gasteiger partial charge in [-0.2, -0.15) is 11.8 Å². The molecule has 25 heavy (non-hydrogen) atoms.